The maximum atomic E-state index is 14.2. The third-order valence-corrected chi connectivity index (χ3v) is 7.83. The Morgan fingerprint density at radius 3 is 2.69 bits per heavy atom. The molecular weight excluding hydrogens is 469 g/mol. The summed E-state index contributed by atoms with van der Waals surface area (Å²) in [5, 5.41) is 11.1. The van der Waals surface area contributed by atoms with Crippen molar-refractivity contribution >= 4 is 23.3 Å². The number of anilines is 1. The summed E-state index contributed by atoms with van der Waals surface area (Å²) in [6, 6.07) is 1.82. The zero-order chi connectivity index (χ0) is 25.2. The number of methoxy groups -OCH3 is 1. The van der Waals surface area contributed by atoms with Gasteiger partial charge in [-0.15, -0.1) is 0 Å². The van der Waals surface area contributed by atoms with Crippen LogP contribution in [0.3, 0.4) is 0 Å². The van der Waals surface area contributed by atoms with E-state index in [4.69, 9.17) is 16.3 Å². The van der Waals surface area contributed by atoms with Crippen LogP contribution in [0.25, 0.3) is 11.3 Å². The Bertz CT molecular complexity index is 1050. The molecule has 2 N–H and O–H groups in total. The second kappa shape index (κ2) is 10.7. The van der Waals surface area contributed by atoms with Gasteiger partial charge in [0.25, 0.3) is 5.91 Å². The zero-order valence-electron chi connectivity index (χ0n) is 21.2. The van der Waals surface area contributed by atoms with E-state index in [1.807, 2.05) is 6.92 Å². The van der Waals surface area contributed by atoms with Crippen molar-refractivity contribution in [1.29, 1.82) is 0 Å². The summed E-state index contributed by atoms with van der Waals surface area (Å²) in [4.78, 5) is 17.5. The molecule has 2 atom stereocenters. The Balaban J connectivity index is 1.52. The van der Waals surface area contributed by atoms with Gasteiger partial charge in [0, 0.05) is 37.8 Å². The number of nitrogens with zero attached hydrogens (tertiary/aromatic N) is 3. The number of nitrogens with one attached hydrogen (secondary N) is 2. The molecule has 2 aromatic heterocycles. The fourth-order valence-electron chi connectivity index (χ4n) is 5.31. The van der Waals surface area contributed by atoms with E-state index in [0.29, 0.717) is 54.7 Å². The second-order valence-electron chi connectivity index (χ2n) is 10.4. The van der Waals surface area contributed by atoms with Gasteiger partial charge in [-0.2, -0.15) is 5.10 Å². The molecule has 1 unspecified atom stereocenters. The van der Waals surface area contributed by atoms with Gasteiger partial charge < -0.3 is 15.4 Å². The number of amides is 1. The molecule has 0 bridgehead atoms. The molecule has 0 aromatic carbocycles. The van der Waals surface area contributed by atoms with Crippen LogP contribution in [-0.4, -0.2) is 46.0 Å². The van der Waals surface area contributed by atoms with E-state index in [0.717, 1.165) is 25.2 Å². The fourth-order valence-corrected chi connectivity index (χ4v) is 5.64. The second-order valence-corrected chi connectivity index (χ2v) is 10.8. The van der Waals surface area contributed by atoms with Crippen LogP contribution in [0.1, 0.15) is 76.2 Å². The molecule has 2 fully saturated rings. The lowest BCUT2D eigenvalue weighted by Crippen LogP contribution is -2.31. The highest BCUT2D eigenvalue weighted by Crippen LogP contribution is 2.39. The Labute approximate surface area is 212 Å². The van der Waals surface area contributed by atoms with Crippen LogP contribution in [0.5, 0.6) is 5.75 Å². The lowest BCUT2D eigenvalue weighted by atomic mass is 9.83. The Morgan fingerprint density at radius 2 is 2.06 bits per heavy atom. The highest BCUT2D eigenvalue weighted by molar-refractivity contribution is 6.36. The van der Waals surface area contributed by atoms with Crippen LogP contribution >= 0.6 is 11.6 Å². The number of ether oxygens (including phenoxy) is 1. The minimum absolute atomic E-state index is 0.0282. The predicted octanol–water partition coefficient (Wildman–Crippen LogP) is 5.88. The van der Waals surface area contributed by atoms with Gasteiger partial charge in [0.15, 0.2) is 5.69 Å². The van der Waals surface area contributed by atoms with E-state index >= 15 is 0 Å². The largest absolute Gasteiger partial charge is 0.496 e. The third kappa shape index (κ3) is 5.90. The third-order valence-electron chi connectivity index (χ3n) is 7.48. The number of carbonyl (C=O) groups is 1. The number of carbonyl (C=O) groups excluding carboxylic acids is 1. The van der Waals surface area contributed by atoms with Crippen LogP contribution in [0.15, 0.2) is 12.3 Å². The Morgan fingerprint density at radius 1 is 1.31 bits per heavy atom. The number of hydrogen-bond donors (Lipinski definition) is 2. The van der Waals surface area contributed by atoms with Crippen molar-refractivity contribution in [2.45, 2.75) is 84.0 Å². The van der Waals surface area contributed by atoms with E-state index in [1.54, 1.807) is 31.0 Å². The lowest BCUT2D eigenvalue weighted by molar-refractivity contribution is 0.0936. The van der Waals surface area contributed by atoms with Crippen LogP contribution in [-0.2, 0) is 6.54 Å². The molecule has 1 amide bonds. The molecule has 2 aliphatic carbocycles. The highest BCUT2D eigenvalue weighted by atomic mass is 35.5. The Hall–Kier alpha value is -2.35. The van der Waals surface area contributed by atoms with E-state index in [9.17, 15) is 9.18 Å². The number of hydrogen-bond acceptors (Lipinski definition) is 5. The molecule has 2 aromatic rings. The van der Waals surface area contributed by atoms with Gasteiger partial charge in [0.2, 0.25) is 0 Å². The number of alkyl halides is 1. The normalized spacial score (nSPS) is 26.5. The van der Waals surface area contributed by atoms with Crippen molar-refractivity contribution in [2.24, 2.45) is 11.8 Å². The standard InChI is InChI=1S/C26H37ClFN5O2/c1-5-33-24(22(27)23(32-33)25(34)30-14-17-8-6-16(2)7-9-17)19-15-29-21(12-20(19)35-4)31-18-10-11-26(3,28)13-18/h12,15-18H,5-11,13-14H2,1-4H3,(H,29,31)(H,30,34)/t16?,17?,18-,26?/m0/s1. The first kappa shape index (κ1) is 25.7. The van der Waals surface area contributed by atoms with E-state index in [2.05, 4.69) is 27.6 Å². The number of aryl methyl sites for hydroxylation is 1. The van der Waals surface area contributed by atoms with Crippen LogP contribution in [0.2, 0.25) is 5.02 Å². The maximum Gasteiger partial charge on any atom is 0.273 e. The van der Waals surface area contributed by atoms with E-state index < -0.39 is 5.67 Å². The molecule has 35 heavy (non-hydrogen) atoms. The first-order valence-corrected chi connectivity index (χ1v) is 13.1. The van der Waals surface area contributed by atoms with Gasteiger partial charge in [-0.05, 0) is 51.4 Å². The van der Waals surface area contributed by atoms with Gasteiger partial charge in [0.1, 0.15) is 17.2 Å². The summed E-state index contributed by atoms with van der Waals surface area (Å²) in [7, 11) is 1.58. The average molecular weight is 506 g/mol. The molecule has 9 heteroatoms. The molecule has 2 saturated carbocycles. The van der Waals surface area contributed by atoms with Crippen LogP contribution in [0, 0.1) is 11.8 Å². The summed E-state index contributed by atoms with van der Waals surface area (Å²) < 4.78 is 21.6. The summed E-state index contributed by atoms with van der Waals surface area (Å²) in [6.07, 6.45) is 8.11. The SMILES string of the molecule is CCn1nc(C(=O)NCC2CCC(C)CC2)c(Cl)c1-c1cnc(N[C@H]2CCC(C)(F)C2)cc1OC. The molecule has 2 aliphatic rings. The molecule has 2 heterocycles. The molecule has 4 rings (SSSR count). The minimum Gasteiger partial charge on any atom is -0.496 e. The molecule has 0 radical (unpaired) electrons. The first-order chi connectivity index (χ1) is 16.7. The first-order valence-electron chi connectivity index (χ1n) is 12.7. The molecule has 0 spiro atoms. The predicted molar refractivity (Wildman–Crippen MR) is 137 cm³/mol. The quantitative estimate of drug-likeness (QED) is 0.468. The maximum absolute atomic E-state index is 14.2. The van der Waals surface area contributed by atoms with Crippen molar-refractivity contribution in [3.63, 3.8) is 0 Å². The van der Waals surface area contributed by atoms with Gasteiger partial charge >= 0.3 is 0 Å². The van der Waals surface area contributed by atoms with Crippen molar-refractivity contribution in [2.75, 3.05) is 19.0 Å². The smallest absolute Gasteiger partial charge is 0.273 e. The number of rotatable bonds is 8. The molecule has 0 saturated heterocycles. The molecular formula is C26H37ClFN5O2. The molecule has 0 aliphatic heterocycles. The van der Waals surface area contributed by atoms with Gasteiger partial charge in [-0.1, -0.05) is 31.4 Å². The van der Waals surface area contributed by atoms with Crippen LogP contribution < -0.4 is 15.4 Å². The van der Waals surface area contributed by atoms with Crippen molar-refractivity contribution in [3.05, 3.63) is 23.0 Å². The number of aromatic nitrogens is 3. The fraction of sp³-hybridized carbons (Fsp3) is 0.654. The summed E-state index contributed by atoms with van der Waals surface area (Å²) in [6.45, 7) is 7.04. The van der Waals surface area contributed by atoms with Gasteiger partial charge in [-0.3, -0.25) is 9.48 Å². The number of halogens is 2. The van der Waals surface area contributed by atoms with Crippen molar-refractivity contribution in [3.8, 4) is 17.0 Å². The van der Waals surface area contributed by atoms with Crippen molar-refractivity contribution < 1.29 is 13.9 Å². The van der Waals surface area contributed by atoms with Crippen LogP contribution in [0.4, 0.5) is 10.2 Å². The van der Waals surface area contributed by atoms with E-state index in [-0.39, 0.29) is 22.7 Å². The number of pyridine rings is 1. The van der Waals surface area contributed by atoms with E-state index in [1.165, 1.54) is 12.8 Å². The van der Waals surface area contributed by atoms with Gasteiger partial charge in [-0.25, -0.2) is 9.37 Å². The van der Waals surface area contributed by atoms with Crippen molar-refractivity contribution in [1.82, 2.24) is 20.1 Å². The summed E-state index contributed by atoms with van der Waals surface area (Å²) in [5.74, 6) is 2.19. The minimum atomic E-state index is -1.14. The molecule has 7 nitrogen and oxygen atoms in total. The average Bonchev–Trinajstić information content (AvgIpc) is 3.36. The Kier molecular flexibility index (Phi) is 7.89. The topological polar surface area (TPSA) is 81.1 Å². The monoisotopic (exact) mass is 505 g/mol. The zero-order valence-corrected chi connectivity index (χ0v) is 21.9. The lowest BCUT2D eigenvalue weighted by Gasteiger charge is -2.26. The summed E-state index contributed by atoms with van der Waals surface area (Å²) in [5.41, 5.74) is 0.318. The summed E-state index contributed by atoms with van der Waals surface area (Å²) >= 11 is 6.73. The highest BCUT2D eigenvalue weighted by Gasteiger charge is 2.35. The van der Waals surface area contributed by atoms with Gasteiger partial charge in [0.05, 0.1) is 23.4 Å². The molecule has 192 valence electrons.